The van der Waals surface area contributed by atoms with Gasteiger partial charge >= 0.3 is 0 Å². The Bertz CT molecular complexity index is 493. The Morgan fingerprint density at radius 3 is 2.76 bits per heavy atom. The van der Waals surface area contributed by atoms with Crippen LogP contribution in [0.5, 0.6) is 0 Å². The number of anilines is 1. The summed E-state index contributed by atoms with van der Waals surface area (Å²) in [4.78, 5) is 11.8. The summed E-state index contributed by atoms with van der Waals surface area (Å²) in [5.41, 5.74) is 1.78. The summed E-state index contributed by atoms with van der Waals surface area (Å²) in [6, 6.07) is 4.06. The fourth-order valence-corrected chi connectivity index (χ4v) is 1.66. The third-order valence-corrected chi connectivity index (χ3v) is 2.96. The highest BCUT2D eigenvalue weighted by atomic mass is 35.5. The first kappa shape index (κ1) is 12.1. The summed E-state index contributed by atoms with van der Waals surface area (Å²) in [7, 11) is 0. The van der Waals surface area contributed by atoms with Gasteiger partial charge in [0, 0.05) is 23.7 Å². The lowest BCUT2D eigenvalue weighted by atomic mass is 10.0. The monoisotopic (exact) mass is 254 g/mol. The average molecular weight is 255 g/mol. The van der Waals surface area contributed by atoms with Crippen molar-refractivity contribution in [3.8, 4) is 0 Å². The summed E-state index contributed by atoms with van der Waals surface area (Å²) >= 11 is 5.74. The van der Waals surface area contributed by atoms with Crippen molar-refractivity contribution < 1.29 is 9.18 Å². The Morgan fingerprint density at radius 2 is 2.18 bits per heavy atom. The maximum Gasteiger partial charge on any atom is 0.251 e. The molecule has 1 aromatic rings. The van der Waals surface area contributed by atoms with Crippen molar-refractivity contribution in [2.45, 2.75) is 6.92 Å². The Balaban J connectivity index is 2.15. The molecule has 17 heavy (non-hydrogen) atoms. The number of halogens is 2. The second-order valence-electron chi connectivity index (χ2n) is 3.91. The maximum absolute atomic E-state index is 13.4. The largest absolute Gasteiger partial charge is 0.320 e. The lowest BCUT2D eigenvalue weighted by Gasteiger charge is -2.21. The van der Waals surface area contributed by atoms with Gasteiger partial charge in [0.15, 0.2) is 0 Å². The second kappa shape index (κ2) is 4.85. The van der Waals surface area contributed by atoms with Crippen LogP contribution in [0.25, 0.3) is 0 Å². The van der Waals surface area contributed by atoms with Crippen molar-refractivity contribution in [3.63, 3.8) is 0 Å². The van der Waals surface area contributed by atoms with Gasteiger partial charge in [-0.3, -0.25) is 4.79 Å². The van der Waals surface area contributed by atoms with E-state index in [0.29, 0.717) is 10.6 Å². The fourth-order valence-electron chi connectivity index (χ4n) is 1.49. The zero-order valence-corrected chi connectivity index (χ0v) is 10.1. The van der Waals surface area contributed by atoms with Crippen LogP contribution in [0.4, 0.5) is 10.1 Å². The molecule has 1 fully saturated rings. The predicted octanol–water partition coefficient (Wildman–Crippen LogP) is 2.34. The highest BCUT2D eigenvalue weighted by molar-refractivity contribution is 6.31. The molecule has 2 rings (SSSR count). The summed E-state index contributed by atoms with van der Waals surface area (Å²) in [5.74, 6) is -0.782. The van der Waals surface area contributed by atoms with Crippen molar-refractivity contribution in [2.75, 3.05) is 18.4 Å². The number of nitrogens with one attached hydrogen (secondary N) is 2. The number of hydrogen-bond donors (Lipinski definition) is 2. The SMILES string of the molecule is CC(C(=O)Nc1cc(Cl)ccc1F)=C1CNC1. The van der Waals surface area contributed by atoms with E-state index in [4.69, 9.17) is 11.6 Å². The van der Waals surface area contributed by atoms with E-state index in [0.717, 1.165) is 18.7 Å². The smallest absolute Gasteiger partial charge is 0.251 e. The third-order valence-electron chi connectivity index (χ3n) is 2.72. The Hall–Kier alpha value is -1.39. The van der Waals surface area contributed by atoms with Crippen LogP contribution in [0.2, 0.25) is 5.02 Å². The predicted molar refractivity (Wildman–Crippen MR) is 65.6 cm³/mol. The third kappa shape index (κ3) is 2.65. The molecule has 0 radical (unpaired) electrons. The van der Waals surface area contributed by atoms with Crippen LogP contribution < -0.4 is 10.6 Å². The van der Waals surface area contributed by atoms with E-state index < -0.39 is 5.82 Å². The van der Waals surface area contributed by atoms with Gasteiger partial charge in [-0.2, -0.15) is 0 Å². The molecule has 1 saturated heterocycles. The van der Waals surface area contributed by atoms with Crippen molar-refractivity contribution in [2.24, 2.45) is 0 Å². The first-order valence-electron chi connectivity index (χ1n) is 5.23. The molecule has 0 spiro atoms. The normalized spacial score (nSPS) is 14.2. The van der Waals surface area contributed by atoms with Gasteiger partial charge < -0.3 is 10.6 Å². The van der Waals surface area contributed by atoms with Gasteiger partial charge in [0.2, 0.25) is 0 Å². The van der Waals surface area contributed by atoms with Crippen molar-refractivity contribution in [3.05, 3.63) is 40.2 Å². The van der Waals surface area contributed by atoms with Crippen molar-refractivity contribution >= 4 is 23.2 Å². The van der Waals surface area contributed by atoms with Gasteiger partial charge in [-0.05, 0) is 30.7 Å². The molecule has 0 unspecified atom stereocenters. The Morgan fingerprint density at radius 1 is 1.47 bits per heavy atom. The minimum atomic E-state index is -0.493. The molecule has 5 heteroatoms. The molecule has 2 N–H and O–H groups in total. The number of carbonyl (C=O) groups excluding carboxylic acids is 1. The molecule has 1 heterocycles. The molecule has 0 bridgehead atoms. The standard InChI is InChI=1S/C12H12ClFN2O/c1-7(8-5-15-6-8)12(17)16-11-4-9(13)2-3-10(11)14/h2-4,15H,5-6H2,1H3,(H,16,17). The van der Waals surface area contributed by atoms with Crippen LogP contribution in [0.15, 0.2) is 29.3 Å². The summed E-state index contributed by atoms with van der Waals surface area (Å²) in [6.07, 6.45) is 0. The Labute approximate surface area is 104 Å². The van der Waals surface area contributed by atoms with E-state index in [1.807, 2.05) is 0 Å². The molecular weight excluding hydrogens is 243 g/mol. The molecule has 0 atom stereocenters. The summed E-state index contributed by atoms with van der Waals surface area (Å²) < 4.78 is 13.4. The zero-order valence-electron chi connectivity index (χ0n) is 9.31. The lowest BCUT2D eigenvalue weighted by molar-refractivity contribution is -0.112. The molecule has 0 saturated carbocycles. The van der Waals surface area contributed by atoms with Gasteiger partial charge in [0.25, 0.3) is 5.91 Å². The molecule has 1 aromatic carbocycles. The fraction of sp³-hybridized carbons (Fsp3) is 0.250. The number of carbonyl (C=O) groups is 1. The molecule has 1 aliphatic heterocycles. The average Bonchev–Trinajstić information content (AvgIpc) is 2.21. The van der Waals surface area contributed by atoms with E-state index in [-0.39, 0.29) is 11.6 Å². The van der Waals surface area contributed by atoms with Crippen LogP contribution >= 0.6 is 11.6 Å². The number of amides is 1. The molecule has 0 aliphatic carbocycles. The first-order valence-corrected chi connectivity index (χ1v) is 5.61. The van der Waals surface area contributed by atoms with Gasteiger partial charge in [0.1, 0.15) is 5.82 Å². The minimum Gasteiger partial charge on any atom is -0.320 e. The van der Waals surface area contributed by atoms with Gasteiger partial charge in [-0.15, -0.1) is 0 Å². The molecule has 0 aromatic heterocycles. The van der Waals surface area contributed by atoms with E-state index >= 15 is 0 Å². The van der Waals surface area contributed by atoms with Gasteiger partial charge in [-0.1, -0.05) is 11.6 Å². The quantitative estimate of drug-likeness (QED) is 0.796. The maximum atomic E-state index is 13.4. The number of hydrogen-bond acceptors (Lipinski definition) is 2. The molecular formula is C12H12ClFN2O. The number of rotatable bonds is 2. The highest BCUT2D eigenvalue weighted by Crippen LogP contribution is 2.20. The topological polar surface area (TPSA) is 41.1 Å². The van der Waals surface area contributed by atoms with Gasteiger partial charge in [0.05, 0.1) is 5.69 Å². The van der Waals surface area contributed by atoms with E-state index in [9.17, 15) is 9.18 Å². The van der Waals surface area contributed by atoms with Crippen LogP contribution in [-0.4, -0.2) is 19.0 Å². The minimum absolute atomic E-state index is 0.106. The zero-order chi connectivity index (χ0) is 12.4. The number of benzene rings is 1. The molecule has 1 aliphatic rings. The molecule has 3 nitrogen and oxygen atoms in total. The molecule has 1 amide bonds. The summed E-state index contributed by atoms with van der Waals surface area (Å²) in [5, 5.41) is 5.95. The van der Waals surface area contributed by atoms with Crippen LogP contribution in [-0.2, 0) is 4.79 Å². The van der Waals surface area contributed by atoms with Crippen molar-refractivity contribution in [1.29, 1.82) is 0 Å². The highest BCUT2D eigenvalue weighted by Gasteiger charge is 2.17. The van der Waals surface area contributed by atoms with Crippen LogP contribution in [0.1, 0.15) is 6.92 Å². The van der Waals surface area contributed by atoms with Gasteiger partial charge in [-0.25, -0.2) is 4.39 Å². The molecule has 90 valence electrons. The summed E-state index contributed by atoms with van der Waals surface area (Å²) in [6.45, 7) is 3.17. The van der Waals surface area contributed by atoms with E-state index in [1.54, 1.807) is 6.92 Å². The van der Waals surface area contributed by atoms with Crippen LogP contribution in [0.3, 0.4) is 0 Å². The van der Waals surface area contributed by atoms with E-state index in [2.05, 4.69) is 10.6 Å². The lowest BCUT2D eigenvalue weighted by Crippen LogP contribution is -2.36. The van der Waals surface area contributed by atoms with Crippen LogP contribution in [0, 0.1) is 5.82 Å². The van der Waals surface area contributed by atoms with E-state index in [1.165, 1.54) is 18.2 Å². The Kier molecular flexibility index (Phi) is 3.45. The van der Waals surface area contributed by atoms with Crippen molar-refractivity contribution in [1.82, 2.24) is 5.32 Å². The first-order chi connectivity index (χ1) is 8.08. The second-order valence-corrected chi connectivity index (χ2v) is 4.35.